The lowest BCUT2D eigenvalue weighted by Crippen LogP contribution is -1.82. The molecular formula is C8H13NS. The van der Waals surface area contributed by atoms with E-state index in [9.17, 15) is 0 Å². The van der Waals surface area contributed by atoms with Gasteiger partial charge in [0.15, 0.2) is 0 Å². The predicted octanol–water partition coefficient (Wildman–Crippen LogP) is 2.79. The van der Waals surface area contributed by atoms with Crippen LogP contribution in [0.2, 0.25) is 0 Å². The van der Waals surface area contributed by atoms with Crippen LogP contribution < -0.4 is 0 Å². The summed E-state index contributed by atoms with van der Waals surface area (Å²) in [6.07, 6.45) is 3.79. The monoisotopic (exact) mass is 155 g/mol. The van der Waals surface area contributed by atoms with Crippen LogP contribution in [0.4, 0.5) is 0 Å². The molecule has 0 fully saturated rings. The number of hydrogen-bond donors (Lipinski definition) is 0. The first-order valence-electron chi connectivity index (χ1n) is 3.73. The molecule has 0 unspecified atom stereocenters. The Morgan fingerprint density at radius 3 is 2.90 bits per heavy atom. The molecule has 0 amide bonds. The Balaban J connectivity index is 2.49. The van der Waals surface area contributed by atoms with Crippen molar-refractivity contribution in [2.24, 2.45) is 0 Å². The van der Waals surface area contributed by atoms with Crippen LogP contribution in [0.25, 0.3) is 0 Å². The molecule has 1 rings (SSSR count). The number of hydrogen-bond acceptors (Lipinski definition) is 2. The van der Waals surface area contributed by atoms with E-state index in [0.29, 0.717) is 0 Å². The fourth-order valence-corrected chi connectivity index (χ4v) is 1.73. The summed E-state index contributed by atoms with van der Waals surface area (Å²) in [6.45, 7) is 4.30. The zero-order valence-corrected chi connectivity index (χ0v) is 7.37. The largest absolute Gasteiger partial charge is 0.250 e. The highest BCUT2D eigenvalue weighted by Gasteiger charge is 1.98. The number of nitrogens with zero attached hydrogens (tertiary/aromatic N) is 1. The topological polar surface area (TPSA) is 12.9 Å². The van der Waals surface area contributed by atoms with Gasteiger partial charge in [-0.1, -0.05) is 13.3 Å². The molecule has 0 radical (unpaired) electrons. The number of thiazole rings is 1. The molecule has 1 heterocycles. The Morgan fingerprint density at radius 1 is 1.60 bits per heavy atom. The third kappa shape index (κ3) is 1.81. The van der Waals surface area contributed by atoms with Gasteiger partial charge in [0.2, 0.25) is 0 Å². The van der Waals surface area contributed by atoms with Crippen molar-refractivity contribution >= 4 is 11.3 Å². The van der Waals surface area contributed by atoms with Crippen molar-refractivity contribution < 1.29 is 0 Å². The molecule has 0 aliphatic rings. The van der Waals surface area contributed by atoms with E-state index in [1.165, 1.54) is 29.8 Å². The lowest BCUT2D eigenvalue weighted by molar-refractivity contribution is 0.798. The Morgan fingerprint density at radius 2 is 2.40 bits per heavy atom. The van der Waals surface area contributed by atoms with Crippen molar-refractivity contribution in [2.75, 3.05) is 0 Å². The molecule has 2 heteroatoms. The summed E-state index contributed by atoms with van der Waals surface area (Å²) in [5.41, 5.74) is 3.15. The SMILES string of the molecule is CCCCc1scnc1C. The van der Waals surface area contributed by atoms with Gasteiger partial charge in [0.1, 0.15) is 0 Å². The Hall–Kier alpha value is -0.370. The van der Waals surface area contributed by atoms with Gasteiger partial charge in [0.05, 0.1) is 11.2 Å². The smallest absolute Gasteiger partial charge is 0.0797 e. The van der Waals surface area contributed by atoms with Gasteiger partial charge < -0.3 is 0 Å². The summed E-state index contributed by atoms with van der Waals surface area (Å²) in [6, 6.07) is 0. The van der Waals surface area contributed by atoms with E-state index < -0.39 is 0 Å². The molecule has 0 saturated carbocycles. The average molecular weight is 155 g/mol. The molecule has 0 atom stereocenters. The third-order valence-corrected chi connectivity index (χ3v) is 2.60. The summed E-state index contributed by atoms with van der Waals surface area (Å²) in [4.78, 5) is 5.65. The van der Waals surface area contributed by atoms with Crippen LogP contribution in [0, 0.1) is 6.92 Å². The number of rotatable bonds is 3. The Kier molecular flexibility index (Phi) is 2.87. The lowest BCUT2D eigenvalue weighted by Gasteiger charge is -1.93. The van der Waals surface area contributed by atoms with E-state index in [1.54, 1.807) is 11.3 Å². The Labute approximate surface area is 66.1 Å². The van der Waals surface area contributed by atoms with Crippen molar-refractivity contribution in [1.82, 2.24) is 4.98 Å². The molecule has 0 aliphatic carbocycles. The van der Waals surface area contributed by atoms with Crippen molar-refractivity contribution in [3.05, 3.63) is 16.1 Å². The third-order valence-electron chi connectivity index (χ3n) is 1.60. The van der Waals surface area contributed by atoms with E-state index in [4.69, 9.17) is 0 Å². The van der Waals surface area contributed by atoms with Gasteiger partial charge in [0, 0.05) is 4.88 Å². The van der Waals surface area contributed by atoms with Crippen molar-refractivity contribution in [1.29, 1.82) is 0 Å². The molecule has 0 N–H and O–H groups in total. The molecule has 1 nitrogen and oxygen atoms in total. The highest BCUT2D eigenvalue weighted by Crippen LogP contribution is 2.14. The van der Waals surface area contributed by atoms with E-state index >= 15 is 0 Å². The van der Waals surface area contributed by atoms with Gasteiger partial charge in [-0.2, -0.15) is 0 Å². The van der Waals surface area contributed by atoms with Crippen LogP contribution >= 0.6 is 11.3 Å². The number of aromatic nitrogens is 1. The quantitative estimate of drug-likeness (QED) is 0.654. The minimum atomic E-state index is 1.22. The summed E-state index contributed by atoms with van der Waals surface area (Å²) < 4.78 is 0. The molecule has 0 aliphatic heterocycles. The zero-order valence-electron chi connectivity index (χ0n) is 6.55. The fraction of sp³-hybridized carbons (Fsp3) is 0.625. The summed E-state index contributed by atoms with van der Waals surface area (Å²) >= 11 is 1.78. The number of aryl methyl sites for hydroxylation is 2. The minimum Gasteiger partial charge on any atom is -0.250 e. The van der Waals surface area contributed by atoms with Crippen molar-refractivity contribution in [3.8, 4) is 0 Å². The number of unbranched alkanes of at least 4 members (excludes halogenated alkanes) is 1. The molecule has 1 aromatic heterocycles. The minimum absolute atomic E-state index is 1.22. The van der Waals surface area contributed by atoms with Gasteiger partial charge in [-0.15, -0.1) is 11.3 Å². The first-order chi connectivity index (χ1) is 4.84. The van der Waals surface area contributed by atoms with Crippen LogP contribution in [0.3, 0.4) is 0 Å². The second-order valence-electron chi connectivity index (χ2n) is 2.46. The standard InChI is InChI=1S/C8H13NS/c1-3-4-5-8-7(2)9-6-10-8/h6H,3-5H2,1-2H3. The first kappa shape index (κ1) is 7.73. The van der Waals surface area contributed by atoms with Gasteiger partial charge >= 0.3 is 0 Å². The van der Waals surface area contributed by atoms with Gasteiger partial charge in [-0.25, -0.2) is 4.98 Å². The summed E-state index contributed by atoms with van der Waals surface area (Å²) in [7, 11) is 0. The maximum atomic E-state index is 4.19. The first-order valence-corrected chi connectivity index (χ1v) is 4.61. The Bertz CT molecular complexity index is 193. The van der Waals surface area contributed by atoms with Gasteiger partial charge in [-0.05, 0) is 19.8 Å². The average Bonchev–Trinajstić information content (AvgIpc) is 2.31. The summed E-state index contributed by atoms with van der Waals surface area (Å²) in [5.74, 6) is 0. The van der Waals surface area contributed by atoms with Crippen LogP contribution in [0.15, 0.2) is 5.51 Å². The molecule has 0 saturated heterocycles. The molecule has 56 valence electrons. The van der Waals surface area contributed by atoms with Crippen LogP contribution in [-0.2, 0) is 6.42 Å². The fourth-order valence-electron chi connectivity index (χ4n) is 0.903. The molecule has 1 aromatic rings. The summed E-state index contributed by atoms with van der Waals surface area (Å²) in [5, 5.41) is 0. The molecule has 0 bridgehead atoms. The second kappa shape index (κ2) is 3.71. The van der Waals surface area contributed by atoms with Gasteiger partial charge in [0.25, 0.3) is 0 Å². The van der Waals surface area contributed by atoms with Crippen LogP contribution in [-0.4, -0.2) is 4.98 Å². The maximum Gasteiger partial charge on any atom is 0.0797 e. The highest BCUT2D eigenvalue weighted by atomic mass is 32.1. The second-order valence-corrected chi connectivity index (χ2v) is 3.40. The van der Waals surface area contributed by atoms with Crippen LogP contribution in [0.1, 0.15) is 30.3 Å². The molecule has 0 spiro atoms. The molecular weight excluding hydrogens is 142 g/mol. The maximum absolute atomic E-state index is 4.19. The molecule has 0 aromatic carbocycles. The van der Waals surface area contributed by atoms with E-state index in [1.807, 2.05) is 5.51 Å². The lowest BCUT2D eigenvalue weighted by atomic mass is 10.2. The van der Waals surface area contributed by atoms with Crippen LogP contribution in [0.5, 0.6) is 0 Å². The highest BCUT2D eigenvalue weighted by molar-refractivity contribution is 7.09. The van der Waals surface area contributed by atoms with Crippen molar-refractivity contribution in [3.63, 3.8) is 0 Å². The van der Waals surface area contributed by atoms with E-state index in [0.717, 1.165) is 0 Å². The van der Waals surface area contributed by atoms with Crippen molar-refractivity contribution in [2.45, 2.75) is 33.1 Å². The predicted molar refractivity (Wildman–Crippen MR) is 45.5 cm³/mol. The van der Waals surface area contributed by atoms with Gasteiger partial charge in [-0.3, -0.25) is 0 Å². The van der Waals surface area contributed by atoms with E-state index in [-0.39, 0.29) is 0 Å². The normalized spacial score (nSPS) is 10.2. The zero-order chi connectivity index (χ0) is 7.40. The molecule has 10 heavy (non-hydrogen) atoms. The van der Waals surface area contributed by atoms with E-state index in [2.05, 4.69) is 18.8 Å².